The highest BCUT2D eigenvalue weighted by molar-refractivity contribution is 6.36. The molecule has 0 heterocycles. The summed E-state index contributed by atoms with van der Waals surface area (Å²) < 4.78 is 14.2. The average Bonchev–Trinajstić information content (AvgIpc) is 1.90. The Morgan fingerprint density at radius 1 is 1.00 bits per heavy atom. The maximum absolute atomic E-state index is 8.06. The second-order valence-electron chi connectivity index (χ2n) is 2.09. The minimum Gasteiger partial charge on any atom is -0.394 e. The molecule has 0 aromatic rings. The zero-order valence-corrected chi connectivity index (χ0v) is 8.98. The van der Waals surface area contributed by atoms with Gasteiger partial charge in [-0.25, -0.2) is 0 Å². The van der Waals surface area contributed by atoms with E-state index < -0.39 is 9.53 Å². The molecule has 0 aliphatic heterocycles. The Balaban J connectivity index is 0. The monoisotopic (exact) mass is 182 g/mol. The number of rotatable bonds is 3. The minimum atomic E-state index is -1.67. The third kappa shape index (κ3) is 17.8. The van der Waals surface area contributed by atoms with E-state index in [-0.39, 0.29) is 6.10 Å². The van der Waals surface area contributed by atoms with Crippen LogP contribution in [0.3, 0.4) is 0 Å². The zero-order chi connectivity index (χ0) is 9.28. The fourth-order valence-corrected chi connectivity index (χ4v) is 0.866. The van der Waals surface area contributed by atoms with Crippen molar-refractivity contribution in [1.29, 1.82) is 0 Å². The van der Waals surface area contributed by atoms with E-state index in [9.17, 15) is 0 Å². The second kappa shape index (κ2) is 10.1. The molecule has 0 fully saturated rings. The van der Waals surface area contributed by atoms with Crippen molar-refractivity contribution in [3.05, 3.63) is 0 Å². The van der Waals surface area contributed by atoms with Gasteiger partial charge in [0.2, 0.25) is 0 Å². The molecule has 0 saturated heterocycles. The Morgan fingerprint density at radius 3 is 1.18 bits per heavy atom. The van der Waals surface area contributed by atoms with Crippen LogP contribution in [0.5, 0.6) is 0 Å². The maximum atomic E-state index is 8.06. The highest BCUT2D eigenvalue weighted by atomic mass is 28.3. The van der Waals surface area contributed by atoms with Crippen LogP contribution in [0.4, 0.5) is 0 Å². The Morgan fingerprint density at radius 2 is 1.18 bits per heavy atom. The summed E-state index contributed by atoms with van der Waals surface area (Å²) in [5, 5.41) is 8.06. The molecule has 0 aliphatic carbocycles. The van der Waals surface area contributed by atoms with E-state index >= 15 is 0 Å². The van der Waals surface area contributed by atoms with E-state index in [0.717, 1.165) is 0 Å². The second-order valence-corrected chi connectivity index (χ2v) is 4.08. The van der Waals surface area contributed by atoms with Crippen LogP contribution in [-0.4, -0.2) is 42.1 Å². The van der Waals surface area contributed by atoms with Crippen molar-refractivity contribution in [2.24, 2.45) is 0 Å². The molecule has 70 valence electrons. The molecule has 0 atom stereocenters. The summed E-state index contributed by atoms with van der Waals surface area (Å²) in [5.74, 6) is 0. The lowest BCUT2D eigenvalue weighted by Gasteiger charge is -2.05. The molecule has 11 heavy (non-hydrogen) atoms. The lowest BCUT2D eigenvalue weighted by atomic mass is 10.5. The molecule has 0 rings (SSSR count). The summed E-state index contributed by atoms with van der Waals surface area (Å²) >= 11 is 0. The van der Waals surface area contributed by atoms with Gasteiger partial charge in [-0.3, -0.25) is 0 Å². The summed E-state index contributed by atoms with van der Waals surface area (Å²) in [5.41, 5.74) is 0. The molecule has 1 N–H and O–H groups in total. The molecule has 0 aromatic heterocycles. The van der Waals surface area contributed by atoms with Gasteiger partial charge in [0.15, 0.2) is 0 Å². The summed E-state index contributed by atoms with van der Waals surface area (Å²) in [6, 6.07) is 0. The SMILES string of the molecule is CC(C)O.CO[SiH](OC)OC. The largest absolute Gasteiger partial charge is 0.483 e. The minimum absolute atomic E-state index is 0.167. The number of aliphatic hydroxyl groups is 1. The van der Waals surface area contributed by atoms with E-state index in [0.29, 0.717) is 0 Å². The topological polar surface area (TPSA) is 47.9 Å². The highest BCUT2D eigenvalue weighted by Crippen LogP contribution is 1.81. The Hall–Kier alpha value is 0.0569. The molecule has 5 heteroatoms. The van der Waals surface area contributed by atoms with Gasteiger partial charge in [0, 0.05) is 27.4 Å². The summed E-state index contributed by atoms with van der Waals surface area (Å²) in [4.78, 5) is 0. The first kappa shape index (κ1) is 13.6. The molecule has 0 unspecified atom stereocenters. The molecule has 0 spiro atoms. The summed E-state index contributed by atoms with van der Waals surface area (Å²) in [6.45, 7) is 3.44. The third-order valence-electron chi connectivity index (χ3n) is 0.577. The molecule has 0 aromatic carbocycles. The van der Waals surface area contributed by atoms with E-state index in [4.69, 9.17) is 18.4 Å². The van der Waals surface area contributed by atoms with Crippen molar-refractivity contribution >= 4 is 9.53 Å². The lowest BCUT2D eigenvalue weighted by Crippen LogP contribution is -2.21. The van der Waals surface area contributed by atoms with Crippen molar-refractivity contribution in [3.8, 4) is 0 Å². The first-order valence-electron chi connectivity index (χ1n) is 3.34. The van der Waals surface area contributed by atoms with E-state index in [1.165, 1.54) is 0 Å². The first-order chi connectivity index (χ1) is 5.08. The number of hydrogen-bond donors (Lipinski definition) is 1. The van der Waals surface area contributed by atoms with E-state index in [1.807, 2.05) is 0 Å². The molecule has 0 saturated carbocycles. The maximum Gasteiger partial charge on any atom is 0.483 e. The molecule has 0 amide bonds. The van der Waals surface area contributed by atoms with Crippen molar-refractivity contribution < 1.29 is 18.4 Å². The van der Waals surface area contributed by atoms with Gasteiger partial charge < -0.3 is 18.4 Å². The quantitative estimate of drug-likeness (QED) is 0.626. The fourth-order valence-electron chi connectivity index (χ4n) is 0.289. The van der Waals surface area contributed by atoms with Gasteiger partial charge in [0.25, 0.3) is 0 Å². The van der Waals surface area contributed by atoms with Crippen LogP contribution in [0.2, 0.25) is 0 Å². The van der Waals surface area contributed by atoms with Crippen LogP contribution in [-0.2, 0) is 13.3 Å². The predicted octanol–water partition coefficient (Wildman–Crippen LogP) is 0.0299. The van der Waals surface area contributed by atoms with Crippen LogP contribution in [0.1, 0.15) is 13.8 Å². The molecule has 4 nitrogen and oxygen atoms in total. The average molecular weight is 182 g/mol. The molecular formula is C6H18O4Si. The third-order valence-corrected chi connectivity index (χ3v) is 1.73. The van der Waals surface area contributed by atoms with Crippen LogP contribution in [0.25, 0.3) is 0 Å². The van der Waals surface area contributed by atoms with E-state index in [2.05, 4.69) is 0 Å². The smallest absolute Gasteiger partial charge is 0.394 e. The van der Waals surface area contributed by atoms with Gasteiger partial charge in [-0.1, -0.05) is 0 Å². The normalized spacial score (nSPS) is 9.82. The molecule has 0 radical (unpaired) electrons. The van der Waals surface area contributed by atoms with Gasteiger partial charge in [0.1, 0.15) is 0 Å². The molecular weight excluding hydrogens is 164 g/mol. The zero-order valence-electron chi connectivity index (χ0n) is 7.83. The molecule has 0 bridgehead atoms. The van der Waals surface area contributed by atoms with Gasteiger partial charge in [-0.15, -0.1) is 0 Å². The van der Waals surface area contributed by atoms with Crippen LogP contribution in [0, 0.1) is 0 Å². The van der Waals surface area contributed by atoms with Gasteiger partial charge in [0.05, 0.1) is 0 Å². The van der Waals surface area contributed by atoms with E-state index in [1.54, 1.807) is 35.2 Å². The highest BCUT2D eigenvalue weighted by Gasteiger charge is 2.04. The van der Waals surface area contributed by atoms with Gasteiger partial charge in [-0.2, -0.15) is 0 Å². The van der Waals surface area contributed by atoms with Crippen molar-refractivity contribution in [1.82, 2.24) is 0 Å². The summed E-state index contributed by atoms with van der Waals surface area (Å²) in [7, 11) is 3.05. The van der Waals surface area contributed by atoms with Crippen LogP contribution >= 0.6 is 0 Å². The first-order valence-corrected chi connectivity index (χ1v) is 4.76. The Kier molecular flexibility index (Phi) is 12.5. The van der Waals surface area contributed by atoms with Crippen molar-refractivity contribution in [2.45, 2.75) is 20.0 Å². The molecule has 0 aliphatic rings. The van der Waals surface area contributed by atoms with Crippen molar-refractivity contribution in [3.63, 3.8) is 0 Å². The van der Waals surface area contributed by atoms with Crippen LogP contribution < -0.4 is 0 Å². The number of hydrogen-bond acceptors (Lipinski definition) is 4. The van der Waals surface area contributed by atoms with Gasteiger partial charge >= 0.3 is 9.53 Å². The Bertz CT molecular complexity index is 57.3. The Labute approximate surface area is 70.1 Å². The van der Waals surface area contributed by atoms with Gasteiger partial charge in [-0.05, 0) is 13.8 Å². The lowest BCUT2D eigenvalue weighted by molar-refractivity contribution is 0.163. The summed E-state index contributed by atoms with van der Waals surface area (Å²) in [6.07, 6.45) is -0.167. The predicted molar refractivity (Wildman–Crippen MR) is 45.5 cm³/mol. The van der Waals surface area contributed by atoms with Crippen LogP contribution in [0.15, 0.2) is 0 Å². The number of aliphatic hydroxyl groups excluding tert-OH is 1. The fraction of sp³-hybridized carbons (Fsp3) is 1.00. The standard InChI is InChI=1S/C3H10O3Si.C3H8O/c1-4-7(5-2)6-3;1-3(2)4/h7H,1-3H3;3-4H,1-2H3. The van der Waals surface area contributed by atoms with Crippen molar-refractivity contribution in [2.75, 3.05) is 21.3 Å².